The second-order valence-electron chi connectivity index (χ2n) is 6.61. The SMILES string of the molecule is CNC[C@@H]1CCCN1C(=O)Cn1c(CS(C)(=O)=O)nc2ccccc21. The van der Waals surface area contributed by atoms with E-state index in [2.05, 4.69) is 10.3 Å². The summed E-state index contributed by atoms with van der Waals surface area (Å²) in [7, 11) is -1.36. The number of imidazole rings is 1. The van der Waals surface area contributed by atoms with Crippen LogP contribution in [0.4, 0.5) is 0 Å². The summed E-state index contributed by atoms with van der Waals surface area (Å²) in [5.74, 6) is 0.256. The molecule has 25 heavy (non-hydrogen) atoms. The number of nitrogens with zero attached hydrogens (tertiary/aromatic N) is 3. The molecule has 0 spiro atoms. The van der Waals surface area contributed by atoms with Crippen LogP contribution in [0.1, 0.15) is 18.7 Å². The number of hydrogen-bond acceptors (Lipinski definition) is 5. The Morgan fingerprint density at radius 2 is 2.12 bits per heavy atom. The monoisotopic (exact) mass is 364 g/mol. The number of carbonyl (C=O) groups excluding carboxylic acids is 1. The second-order valence-corrected chi connectivity index (χ2v) is 8.75. The third-order valence-electron chi connectivity index (χ3n) is 4.56. The van der Waals surface area contributed by atoms with Gasteiger partial charge in [-0.2, -0.15) is 0 Å². The Kier molecular flexibility index (Phi) is 5.10. The van der Waals surface area contributed by atoms with Gasteiger partial charge in [-0.15, -0.1) is 0 Å². The molecule has 0 unspecified atom stereocenters. The number of para-hydroxylation sites is 2. The van der Waals surface area contributed by atoms with E-state index in [1.165, 1.54) is 6.26 Å². The quantitative estimate of drug-likeness (QED) is 0.819. The Morgan fingerprint density at radius 3 is 2.84 bits per heavy atom. The van der Waals surface area contributed by atoms with E-state index < -0.39 is 9.84 Å². The van der Waals surface area contributed by atoms with Crippen LogP contribution in [0.25, 0.3) is 11.0 Å². The number of hydrogen-bond donors (Lipinski definition) is 1. The molecular weight excluding hydrogens is 340 g/mol. The van der Waals surface area contributed by atoms with Crippen molar-refractivity contribution in [3.8, 4) is 0 Å². The Balaban J connectivity index is 1.91. The Bertz CT molecular complexity index is 875. The number of nitrogens with one attached hydrogen (secondary N) is 1. The highest BCUT2D eigenvalue weighted by molar-refractivity contribution is 7.89. The summed E-state index contributed by atoms with van der Waals surface area (Å²) < 4.78 is 25.2. The molecule has 1 N–H and O–H groups in total. The maximum atomic E-state index is 12.9. The van der Waals surface area contributed by atoms with Crippen LogP contribution in [-0.4, -0.2) is 61.2 Å². The van der Waals surface area contributed by atoms with Crippen molar-refractivity contribution in [2.45, 2.75) is 31.2 Å². The highest BCUT2D eigenvalue weighted by atomic mass is 32.2. The summed E-state index contributed by atoms with van der Waals surface area (Å²) in [6.07, 6.45) is 3.17. The zero-order valence-corrected chi connectivity index (χ0v) is 15.4. The highest BCUT2D eigenvalue weighted by Crippen LogP contribution is 2.21. The molecule has 1 aromatic carbocycles. The lowest BCUT2D eigenvalue weighted by atomic mass is 10.2. The average Bonchev–Trinajstić information content (AvgIpc) is 3.12. The van der Waals surface area contributed by atoms with Crippen LogP contribution in [0.5, 0.6) is 0 Å². The fourth-order valence-corrected chi connectivity index (χ4v) is 4.17. The van der Waals surface area contributed by atoms with Crippen LogP contribution in [-0.2, 0) is 26.9 Å². The van der Waals surface area contributed by atoms with Crippen LogP contribution in [0, 0.1) is 0 Å². The van der Waals surface area contributed by atoms with Gasteiger partial charge in [-0.3, -0.25) is 4.79 Å². The third-order valence-corrected chi connectivity index (χ3v) is 5.34. The van der Waals surface area contributed by atoms with Gasteiger partial charge in [0.2, 0.25) is 5.91 Å². The number of benzene rings is 1. The molecule has 0 bridgehead atoms. The fourth-order valence-electron chi connectivity index (χ4n) is 3.48. The van der Waals surface area contributed by atoms with Crippen molar-refractivity contribution in [2.24, 2.45) is 0 Å². The molecule has 1 aliphatic heterocycles. The standard InChI is InChI=1S/C17H24N4O3S/c1-18-10-13-6-5-9-20(13)17(22)11-21-15-8-4-3-7-14(15)19-16(21)12-25(2,23)24/h3-4,7-8,13,18H,5-6,9-12H2,1-2H3/t13-/m0/s1. The smallest absolute Gasteiger partial charge is 0.242 e. The van der Waals surface area contributed by atoms with Crippen LogP contribution < -0.4 is 5.32 Å². The molecule has 1 aromatic heterocycles. The molecule has 1 amide bonds. The van der Waals surface area contributed by atoms with E-state index >= 15 is 0 Å². The number of fused-ring (bicyclic) bond motifs is 1. The molecule has 2 heterocycles. The number of sulfone groups is 1. The first kappa shape index (κ1) is 17.9. The van der Waals surface area contributed by atoms with E-state index in [1.54, 1.807) is 4.57 Å². The van der Waals surface area contributed by atoms with E-state index in [0.29, 0.717) is 11.3 Å². The predicted molar refractivity (Wildman–Crippen MR) is 96.9 cm³/mol. The predicted octanol–water partition coefficient (Wildman–Crippen LogP) is 0.791. The first-order chi connectivity index (χ1) is 11.9. The minimum Gasteiger partial charge on any atom is -0.337 e. The lowest BCUT2D eigenvalue weighted by Crippen LogP contribution is -2.42. The molecule has 7 nitrogen and oxygen atoms in total. The summed E-state index contributed by atoms with van der Waals surface area (Å²) in [6, 6.07) is 7.63. The third kappa shape index (κ3) is 4.01. The topological polar surface area (TPSA) is 84.3 Å². The van der Waals surface area contributed by atoms with Gasteiger partial charge in [-0.1, -0.05) is 12.1 Å². The molecule has 1 fully saturated rings. The van der Waals surface area contributed by atoms with Gasteiger partial charge in [0.25, 0.3) is 0 Å². The van der Waals surface area contributed by atoms with Crippen molar-refractivity contribution < 1.29 is 13.2 Å². The molecule has 136 valence electrons. The summed E-state index contributed by atoms with van der Waals surface area (Å²) in [6.45, 7) is 1.64. The summed E-state index contributed by atoms with van der Waals surface area (Å²) >= 11 is 0. The van der Waals surface area contributed by atoms with Gasteiger partial charge in [0.1, 0.15) is 18.1 Å². The molecule has 0 saturated carbocycles. The molecular formula is C17H24N4O3S. The number of aromatic nitrogens is 2. The van der Waals surface area contributed by atoms with E-state index in [0.717, 1.165) is 31.4 Å². The van der Waals surface area contributed by atoms with Crippen molar-refractivity contribution in [2.75, 3.05) is 26.4 Å². The molecule has 3 rings (SSSR count). The first-order valence-corrected chi connectivity index (χ1v) is 10.5. The minimum absolute atomic E-state index is 0.00986. The molecule has 8 heteroatoms. The Hall–Kier alpha value is -1.93. The number of amides is 1. The van der Waals surface area contributed by atoms with Gasteiger partial charge in [0, 0.05) is 25.4 Å². The summed E-state index contributed by atoms with van der Waals surface area (Å²) in [5.41, 5.74) is 1.50. The van der Waals surface area contributed by atoms with Crippen LogP contribution in [0.15, 0.2) is 24.3 Å². The summed E-state index contributed by atoms with van der Waals surface area (Å²) in [4.78, 5) is 19.2. The highest BCUT2D eigenvalue weighted by Gasteiger charge is 2.29. The lowest BCUT2D eigenvalue weighted by Gasteiger charge is -2.25. The maximum absolute atomic E-state index is 12.9. The van der Waals surface area contributed by atoms with Crippen molar-refractivity contribution in [1.82, 2.24) is 19.8 Å². The Labute approximate surface area is 147 Å². The van der Waals surface area contributed by atoms with Crippen LogP contribution in [0.3, 0.4) is 0 Å². The molecule has 0 radical (unpaired) electrons. The zero-order chi connectivity index (χ0) is 18.0. The van der Waals surface area contributed by atoms with Crippen LogP contribution >= 0.6 is 0 Å². The molecule has 1 aliphatic rings. The molecule has 0 aliphatic carbocycles. The van der Waals surface area contributed by atoms with Crippen molar-refractivity contribution in [3.63, 3.8) is 0 Å². The van der Waals surface area contributed by atoms with Gasteiger partial charge in [-0.05, 0) is 32.0 Å². The maximum Gasteiger partial charge on any atom is 0.242 e. The number of carbonyl (C=O) groups is 1. The molecule has 2 aromatic rings. The Morgan fingerprint density at radius 1 is 1.36 bits per heavy atom. The van der Waals surface area contributed by atoms with E-state index in [4.69, 9.17) is 0 Å². The normalized spacial score (nSPS) is 18.2. The number of rotatable bonds is 6. The number of likely N-dealkylation sites (tertiary alicyclic amines) is 1. The largest absolute Gasteiger partial charge is 0.337 e. The van der Waals surface area contributed by atoms with E-state index in [1.807, 2.05) is 36.2 Å². The van der Waals surface area contributed by atoms with Gasteiger partial charge < -0.3 is 14.8 Å². The minimum atomic E-state index is -3.24. The van der Waals surface area contributed by atoms with Gasteiger partial charge >= 0.3 is 0 Å². The van der Waals surface area contributed by atoms with Crippen LogP contribution in [0.2, 0.25) is 0 Å². The molecule has 1 atom stereocenters. The number of likely N-dealkylation sites (N-methyl/N-ethyl adjacent to an activating group) is 1. The average molecular weight is 364 g/mol. The zero-order valence-electron chi connectivity index (χ0n) is 14.6. The van der Waals surface area contributed by atoms with E-state index in [9.17, 15) is 13.2 Å². The first-order valence-electron chi connectivity index (χ1n) is 8.45. The van der Waals surface area contributed by atoms with Crippen molar-refractivity contribution >= 4 is 26.8 Å². The van der Waals surface area contributed by atoms with Gasteiger partial charge in [0.15, 0.2) is 9.84 Å². The summed E-state index contributed by atoms with van der Waals surface area (Å²) in [5, 5.41) is 3.13. The second kappa shape index (κ2) is 7.13. The fraction of sp³-hybridized carbons (Fsp3) is 0.529. The van der Waals surface area contributed by atoms with Gasteiger partial charge in [0.05, 0.1) is 11.0 Å². The lowest BCUT2D eigenvalue weighted by molar-refractivity contribution is -0.132. The van der Waals surface area contributed by atoms with E-state index in [-0.39, 0.29) is 24.2 Å². The van der Waals surface area contributed by atoms with Gasteiger partial charge in [-0.25, -0.2) is 13.4 Å². The molecule has 1 saturated heterocycles. The van der Waals surface area contributed by atoms with Crippen molar-refractivity contribution in [1.29, 1.82) is 0 Å². The van der Waals surface area contributed by atoms with Crippen molar-refractivity contribution in [3.05, 3.63) is 30.1 Å².